The summed E-state index contributed by atoms with van der Waals surface area (Å²) in [5.74, 6) is 1.27. The average Bonchev–Trinajstić information content (AvgIpc) is 2.58. The van der Waals surface area contributed by atoms with Crippen LogP contribution in [0.15, 0.2) is 28.1 Å². The Kier molecular flexibility index (Phi) is 6.31. The van der Waals surface area contributed by atoms with E-state index in [1.165, 1.54) is 0 Å². The number of benzene rings is 1. The fourth-order valence-electron chi connectivity index (χ4n) is 2.20. The molecule has 0 aliphatic heterocycles. The van der Waals surface area contributed by atoms with Crippen LogP contribution in [-0.2, 0) is 5.41 Å². The fourth-order valence-corrected chi connectivity index (χ4v) is 2.38. The van der Waals surface area contributed by atoms with Gasteiger partial charge in [0.2, 0.25) is 4.77 Å². The zero-order valence-corrected chi connectivity index (χ0v) is 16.5. The number of rotatable bonds is 6. The zero-order valence-electron chi connectivity index (χ0n) is 15.7. The minimum atomic E-state index is -0.421. The van der Waals surface area contributed by atoms with Gasteiger partial charge >= 0.3 is 0 Å². The monoisotopic (exact) mass is 376 g/mol. The Bertz CT molecular complexity index is 910. The van der Waals surface area contributed by atoms with Crippen LogP contribution < -0.4 is 15.0 Å². The molecule has 0 unspecified atom stereocenters. The smallest absolute Gasteiger partial charge is 0.297 e. The van der Waals surface area contributed by atoms with Crippen molar-refractivity contribution in [1.29, 1.82) is 0 Å². The summed E-state index contributed by atoms with van der Waals surface area (Å²) in [6, 6.07) is 5.44. The second-order valence-corrected chi connectivity index (χ2v) is 7.13. The van der Waals surface area contributed by atoms with Gasteiger partial charge in [0, 0.05) is 5.41 Å². The summed E-state index contributed by atoms with van der Waals surface area (Å²) in [5, 5.41) is 11.0. The predicted octanol–water partition coefficient (Wildman–Crippen LogP) is 3.28. The highest BCUT2D eigenvalue weighted by molar-refractivity contribution is 7.71. The summed E-state index contributed by atoms with van der Waals surface area (Å²) in [4.78, 5) is 12.6. The summed E-state index contributed by atoms with van der Waals surface area (Å²) < 4.78 is 12.3. The molecule has 7 nitrogen and oxygen atoms in total. The van der Waals surface area contributed by atoms with E-state index in [-0.39, 0.29) is 10.3 Å². The van der Waals surface area contributed by atoms with Crippen LogP contribution in [0.3, 0.4) is 0 Å². The van der Waals surface area contributed by atoms with Crippen LogP contribution in [0.2, 0.25) is 0 Å². The number of hydrogen-bond donors (Lipinski definition) is 1. The zero-order chi connectivity index (χ0) is 19.3. The first-order valence-corrected chi connectivity index (χ1v) is 8.76. The molecule has 26 heavy (non-hydrogen) atoms. The van der Waals surface area contributed by atoms with E-state index in [9.17, 15) is 4.79 Å². The molecule has 0 atom stereocenters. The second-order valence-electron chi connectivity index (χ2n) is 6.75. The Morgan fingerprint density at radius 1 is 1.35 bits per heavy atom. The molecule has 0 aliphatic rings. The number of ether oxygens (including phenoxy) is 2. The summed E-state index contributed by atoms with van der Waals surface area (Å²) >= 11 is 5.14. The normalized spacial score (nSPS) is 11.7. The number of methoxy groups -OCH3 is 1. The van der Waals surface area contributed by atoms with Crippen molar-refractivity contribution in [2.24, 2.45) is 5.10 Å². The van der Waals surface area contributed by atoms with E-state index in [1.807, 2.05) is 39.8 Å². The van der Waals surface area contributed by atoms with Crippen LogP contribution in [0.5, 0.6) is 11.5 Å². The minimum Gasteiger partial charge on any atom is -0.493 e. The molecule has 0 spiro atoms. The molecule has 1 heterocycles. The summed E-state index contributed by atoms with van der Waals surface area (Å²) in [6.45, 7) is 8.36. The summed E-state index contributed by atoms with van der Waals surface area (Å²) in [7, 11) is 1.58. The van der Waals surface area contributed by atoms with Crippen molar-refractivity contribution in [3.8, 4) is 11.5 Å². The Balaban J connectivity index is 2.39. The highest BCUT2D eigenvalue weighted by atomic mass is 32.1. The van der Waals surface area contributed by atoms with Crippen molar-refractivity contribution in [3.05, 3.63) is 44.6 Å². The summed E-state index contributed by atoms with van der Waals surface area (Å²) in [5.41, 5.74) is 0.354. The van der Waals surface area contributed by atoms with Gasteiger partial charge in [0.25, 0.3) is 5.56 Å². The Hall–Kier alpha value is -2.48. The van der Waals surface area contributed by atoms with Crippen LogP contribution >= 0.6 is 12.2 Å². The highest BCUT2D eigenvalue weighted by Gasteiger charge is 2.21. The number of nitrogens with zero attached hydrogens (tertiary/aromatic N) is 3. The van der Waals surface area contributed by atoms with Crippen LogP contribution in [0, 0.1) is 4.77 Å². The van der Waals surface area contributed by atoms with Crippen LogP contribution in [0.4, 0.5) is 0 Å². The van der Waals surface area contributed by atoms with Gasteiger partial charge in [-0.15, -0.1) is 0 Å². The van der Waals surface area contributed by atoms with E-state index in [2.05, 4.69) is 15.3 Å². The van der Waals surface area contributed by atoms with Gasteiger partial charge in [-0.05, 0) is 42.4 Å². The first-order chi connectivity index (χ1) is 12.3. The van der Waals surface area contributed by atoms with E-state index in [1.54, 1.807) is 19.4 Å². The molecule has 0 fully saturated rings. The topological polar surface area (TPSA) is 81.5 Å². The van der Waals surface area contributed by atoms with Gasteiger partial charge in [-0.1, -0.05) is 27.7 Å². The number of aromatic nitrogens is 3. The number of nitrogens with one attached hydrogen (secondary N) is 1. The summed E-state index contributed by atoms with van der Waals surface area (Å²) in [6.07, 6.45) is 2.45. The third-order valence-electron chi connectivity index (χ3n) is 3.53. The molecule has 0 saturated heterocycles. The molecule has 2 rings (SSSR count). The van der Waals surface area contributed by atoms with Crippen LogP contribution in [0.1, 0.15) is 45.4 Å². The quantitative estimate of drug-likeness (QED) is 0.618. The van der Waals surface area contributed by atoms with Crippen molar-refractivity contribution in [2.45, 2.75) is 39.5 Å². The minimum absolute atomic E-state index is 0.133. The van der Waals surface area contributed by atoms with Gasteiger partial charge in [0.15, 0.2) is 11.5 Å². The van der Waals surface area contributed by atoms with Gasteiger partial charge in [-0.25, -0.2) is 0 Å². The third kappa shape index (κ3) is 4.57. The maximum atomic E-state index is 12.6. The standard InChI is InChI=1S/C18H24N4O3S/c1-6-9-25-13-8-7-12(10-14(13)24-5)11-19-22-16(23)15(18(2,3)4)20-21-17(22)26/h7-8,10-11H,6,9H2,1-5H3,(H,21,26)/b19-11-. The van der Waals surface area contributed by atoms with Gasteiger partial charge in [0.1, 0.15) is 5.69 Å². The van der Waals surface area contributed by atoms with E-state index >= 15 is 0 Å². The first kappa shape index (κ1) is 19.8. The highest BCUT2D eigenvalue weighted by Crippen LogP contribution is 2.27. The molecule has 1 aromatic carbocycles. The van der Waals surface area contributed by atoms with Crippen molar-refractivity contribution >= 4 is 18.4 Å². The third-order valence-corrected chi connectivity index (χ3v) is 3.80. The molecule has 0 amide bonds. The lowest BCUT2D eigenvalue weighted by Crippen LogP contribution is -2.32. The maximum Gasteiger partial charge on any atom is 0.297 e. The van der Waals surface area contributed by atoms with Crippen molar-refractivity contribution in [2.75, 3.05) is 13.7 Å². The van der Waals surface area contributed by atoms with Crippen molar-refractivity contribution in [1.82, 2.24) is 14.9 Å². The van der Waals surface area contributed by atoms with Gasteiger partial charge in [0.05, 0.1) is 19.9 Å². The fraction of sp³-hybridized carbons (Fsp3) is 0.444. The molecular formula is C18H24N4O3S. The predicted molar refractivity (Wildman–Crippen MR) is 104 cm³/mol. The van der Waals surface area contributed by atoms with Crippen LogP contribution in [-0.4, -0.2) is 34.8 Å². The molecule has 8 heteroatoms. The number of H-pyrrole nitrogens is 1. The molecule has 0 saturated carbocycles. The lowest BCUT2D eigenvalue weighted by Gasteiger charge is -2.16. The van der Waals surface area contributed by atoms with Gasteiger partial charge in [-0.3, -0.25) is 9.89 Å². The molecule has 0 radical (unpaired) electrons. The SMILES string of the molecule is CCCOc1ccc(/C=N\n2c(=S)[nH]nc(C(C)(C)C)c2=O)cc1OC. The molecule has 140 valence electrons. The van der Waals surface area contributed by atoms with Crippen LogP contribution in [0.25, 0.3) is 0 Å². The maximum absolute atomic E-state index is 12.6. The van der Waals surface area contributed by atoms with E-state index in [0.717, 1.165) is 16.7 Å². The molecule has 0 aliphatic carbocycles. The Labute approximate surface area is 157 Å². The molecule has 2 aromatic rings. The Morgan fingerprint density at radius 2 is 2.08 bits per heavy atom. The molecular weight excluding hydrogens is 352 g/mol. The first-order valence-electron chi connectivity index (χ1n) is 8.35. The number of aromatic amines is 1. The lowest BCUT2D eigenvalue weighted by molar-refractivity contribution is 0.294. The van der Waals surface area contributed by atoms with Gasteiger partial charge in [-0.2, -0.15) is 14.9 Å². The average molecular weight is 376 g/mol. The largest absolute Gasteiger partial charge is 0.493 e. The van der Waals surface area contributed by atoms with E-state index in [0.29, 0.717) is 23.8 Å². The molecule has 1 N–H and O–H groups in total. The lowest BCUT2D eigenvalue weighted by atomic mass is 9.93. The van der Waals surface area contributed by atoms with E-state index in [4.69, 9.17) is 21.7 Å². The molecule has 1 aromatic heterocycles. The van der Waals surface area contributed by atoms with Crippen molar-refractivity contribution in [3.63, 3.8) is 0 Å². The van der Waals surface area contributed by atoms with E-state index < -0.39 is 5.41 Å². The van der Waals surface area contributed by atoms with Gasteiger partial charge < -0.3 is 9.47 Å². The van der Waals surface area contributed by atoms with Crippen molar-refractivity contribution < 1.29 is 9.47 Å². The second kappa shape index (κ2) is 8.27. The molecule has 0 bridgehead atoms. The Morgan fingerprint density at radius 3 is 2.69 bits per heavy atom. The number of hydrogen-bond acceptors (Lipinski definition) is 6.